The zero-order valence-corrected chi connectivity index (χ0v) is 11.9. The highest BCUT2D eigenvalue weighted by Gasteiger charge is 2.19. The van der Waals surface area contributed by atoms with Crippen LogP contribution in [-0.2, 0) is 16.0 Å². The molecule has 2 N–H and O–H groups in total. The van der Waals surface area contributed by atoms with E-state index in [0.29, 0.717) is 18.5 Å². The number of hydrogen-bond acceptors (Lipinski definition) is 4. The fraction of sp³-hybridized carbons (Fsp3) is 0.467. The largest absolute Gasteiger partial charge is 0.379 e. The summed E-state index contributed by atoms with van der Waals surface area (Å²) in [5.74, 6) is -0.111. The number of amides is 2. The Bertz CT molecular complexity index is 553. The summed E-state index contributed by atoms with van der Waals surface area (Å²) in [6, 6.07) is 5.32. The standard InChI is InChI=1S/C15H19N3O3/c19-14-10-12-9-11(1-2-13(12)17-14)15(20)16-3-4-18-5-7-21-8-6-18/h1-2,9H,3-8,10H2,(H,16,20)(H,17,19). The smallest absolute Gasteiger partial charge is 0.251 e. The lowest BCUT2D eigenvalue weighted by molar-refractivity contribution is -0.115. The van der Waals surface area contributed by atoms with Crippen molar-refractivity contribution in [1.82, 2.24) is 10.2 Å². The van der Waals surface area contributed by atoms with Gasteiger partial charge in [0.15, 0.2) is 0 Å². The van der Waals surface area contributed by atoms with E-state index in [-0.39, 0.29) is 11.8 Å². The van der Waals surface area contributed by atoms with Gasteiger partial charge >= 0.3 is 0 Å². The minimum absolute atomic E-state index is 0.0186. The summed E-state index contributed by atoms with van der Waals surface area (Å²) in [5, 5.41) is 5.68. The zero-order chi connectivity index (χ0) is 14.7. The number of ether oxygens (including phenoxy) is 1. The summed E-state index contributed by atoms with van der Waals surface area (Å²) < 4.78 is 5.29. The van der Waals surface area contributed by atoms with Crippen molar-refractivity contribution in [1.29, 1.82) is 0 Å². The van der Waals surface area contributed by atoms with Crippen molar-refractivity contribution in [2.75, 3.05) is 44.7 Å². The fourth-order valence-corrected chi connectivity index (χ4v) is 2.62. The van der Waals surface area contributed by atoms with E-state index in [4.69, 9.17) is 4.74 Å². The average Bonchev–Trinajstić information content (AvgIpc) is 2.87. The van der Waals surface area contributed by atoms with Gasteiger partial charge < -0.3 is 15.4 Å². The van der Waals surface area contributed by atoms with Crippen molar-refractivity contribution in [3.63, 3.8) is 0 Å². The summed E-state index contributed by atoms with van der Waals surface area (Å²) >= 11 is 0. The van der Waals surface area contributed by atoms with E-state index in [9.17, 15) is 9.59 Å². The molecule has 2 heterocycles. The number of rotatable bonds is 4. The molecular formula is C15H19N3O3. The van der Waals surface area contributed by atoms with Crippen molar-refractivity contribution in [3.05, 3.63) is 29.3 Å². The second-order valence-corrected chi connectivity index (χ2v) is 5.31. The molecule has 1 aromatic carbocycles. The van der Waals surface area contributed by atoms with Crippen LogP contribution < -0.4 is 10.6 Å². The Hall–Kier alpha value is -1.92. The lowest BCUT2D eigenvalue weighted by atomic mass is 10.1. The van der Waals surface area contributed by atoms with Gasteiger partial charge in [0.1, 0.15) is 0 Å². The minimum Gasteiger partial charge on any atom is -0.379 e. The molecule has 0 aliphatic carbocycles. The van der Waals surface area contributed by atoms with Crippen molar-refractivity contribution in [2.24, 2.45) is 0 Å². The van der Waals surface area contributed by atoms with Crippen LogP contribution >= 0.6 is 0 Å². The molecule has 21 heavy (non-hydrogen) atoms. The summed E-state index contributed by atoms with van der Waals surface area (Å²) in [7, 11) is 0. The van der Waals surface area contributed by atoms with E-state index in [1.165, 1.54) is 0 Å². The van der Waals surface area contributed by atoms with E-state index in [1.807, 2.05) is 0 Å². The summed E-state index contributed by atoms with van der Waals surface area (Å²) in [4.78, 5) is 25.7. The summed E-state index contributed by atoms with van der Waals surface area (Å²) in [6.07, 6.45) is 0.351. The Morgan fingerprint density at radius 3 is 2.95 bits per heavy atom. The van der Waals surface area contributed by atoms with Crippen LogP contribution in [0.15, 0.2) is 18.2 Å². The molecule has 1 saturated heterocycles. The Balaban J connectivity index is 1.51. The molecule has 6 heteroatoms. The monoisotopic (exact) mass is 289 g/mol. The topological polar surface area (TPSA) is 70.7 Å². The molecule has 0 spiro atoms. The van der Waals surface area contributed by atoms with Crippen LogP contribution in [0.3, 0.4) is 0 Å². The van der Waals surface area contributed by atoms with Gasteiger partial charge in [0.25, 0.3) is 5.91 Å². The minimum atomic E-state index is -0.0922. The summed E-state index contributed by atoms with van der Waals surface area (Å²) in [5.41, 5.74) is 2.30. The third-order valence-corrected chi connectivity index (χ3v) is 3.81. The van der Waals surface area contributed by atoms with Gasteiger partial charge in [-0.05, 0) is 23.8 Å². The van der Waals surface area contributed by atoms with E-state index in [2.05, 4.69) is 15.5 Å². The first-order chi connectivity index (χ1) is 10.2. The molecule has 2 aliphatic heterocycles. The number of fused-ring (bicyclic) bond motifs is 1. The van der Waals surface area contributed by atoms with Crippen molar-refractivity contribution in [3.8, 4) is 0 Å². The predicted molar refractivity (Wildman–Crippen MR) is 78.4 cm³/mol. The quantitative estimate of drug-likeness (QED) is 0.833. The zero-order valence-electron chi connectivity index (χ0n) is 11.9. The molecule has 0 radical (unpaired) electrons. The highest BCUT2D eigenvalue weighted by Crippen LogP contribution is 2.23. The molecule has 6 nitrogen and oxygen atoms in total. The number of carbonyl (C=O) groups excluding carboxylic acids is 2. The maximum Gasteiger partial charge on any atom is 0.251 e. The Labute approximate surface area is 123 Å². The Kier molecular flexibility index (Phi) is 4.17. The number of morpholine rings is 1. The van der Waals surface area contributed by atoms with Crippen molar-refractivity contribution >= 4 is 17.5 Å². The number of nitrogens with one attached hydrogen (secondary N) is 2. The van der Waals surface area contributed by atoms with Crippen molar-refractivity contribution < 1.29 is 14.3 Å². The number of carbonyl (C=O) groups is 2. The molecule has 0 saturated carbocycles. The highest BCUT2D eigenvalue weighted by molar-refractivity contribution is 6.01. The molecule has 0 aromatic heterocycles. The van der Waals surface area contributed by atoms with Gasteiger partial charge in [0.05, 0.1) is 19.6 Å². The van der Waals surface area contributed by atoms with E-state index in [1.54, 1.807) is 18.2 Å². The molecule has 2 aliphatic rings. The average molecular weight is 289 g/mol. The lowest BCUT2D eigenvalue weighted by Crippen LogP contribution is -2.41. The van der Waals surface area contributed by atoms with Crippen molar-refractivity contribution in [2.45, 2.75) is 6.42 Å². The van der Waals surface area contributed by atoms with Gasteiger partial charge in [-0.3, -0.25) is 14.5 Å². The lowest BCUT2D eigenvalue weighted by Gasteiger charge is -2.26. The van der Waals surface area contributed by atoms with Crippen LogP contribution in [0.25, 0.3) is 0 Å². The molecule has 2 amide bonds. The SMILES string of the molecule is O=C1Cc2cc(C(=O)NCCN3CCOCC3)ccc2N1. The van der Waals surface area contributed by atoms with Crippen LogP contribution in [0, 0.1) is 0 Å². The molecule has 1 fully saturated rings. The Morgan fingerprint density at radius 2 is 2.14 bits per heavy atom. The third kappa shape index (κ3) is 3.40. The molecule has 0 unspecified atom stereocenters. The molecule has 0 atom stereocenters. The Morgan fingerprint density at radius 1 is 1.33 bits per heavy atom. The first-order valence-electron chi connectivity index (χ1n) is 7.23. The fourth-order valence-electron chi connectivity index (χ4n) is 2.62. The maximum absolute atomic E-state index is 12.1. The van der Waals surface area contributed by atoms with E-state index < -0.39 is 0 Å². The van der Waals surface area contributed by atoms with E-state index in [0.717, 1.165) is 44.1 Å². The number of benzene rings is 1. The second-order valence-electron chi connectivity index (χ2n) is 5.31. The van der Waals surface area contributed by atoms with Crippen LogP contribution in [0.4, 0.5) is 5.69 Å². The van der Waals surface area contributed by atoms with Crippen LogP contribution in [0.5, 0.6) is 0 Å². The van der Waals surface area contributed by atoms with Gasteiger partial charge in [0.2, 0.25) is 5.91 Å². The van der Waals surface area contributed by atoms with Gasteiger partial charge in [-0.25, -0.2) is 0 Å². The first-order valence-corrected chi connectivity index (χ1v) is 7.23. The number of nitrogens with zero attached hydrogens (tertiary/aromatic N) is 1. The normalized spacial score (nSPS) is 18.2. The van der Waals surface area contributed by atoms with Gasteiger partial charge in [0, 0.05) is 37.4 Å². The highest BCUT2D eigenvalue weighted by atomic mass is 16.5. The van der Waals surface area contributed by atoms with Gasteiger partial charge in [-0.15, -0.1) is 0 Å². The number of anilines is 1. The molecule has 3 rings (SSSR count). The molecule has 112 valence electrons. The van der Waals surface area contributed by atoms with Gasteiger partial charge in [-0.1, -0.05) is 0 Å². The number of hydrogen-bond donors (Lipinski definition) is 2. The molecular weight excluding hydrogens is 270 g/mol. The maximum atomic E-state index is 12.1. The predicted octanol–water partition coefficient (Wildman–Crippen LogP) is 0.243. The summed E-state index contributed by atoms with van der Waals surface area (Å²) in [6.45, 7) is 4.82. The van der Waals surface area contributed by atoms with Crippen LogP contribution in [0.2, 0.25) is 0 Å². The van der Waals surface area contributed by atoms with Gasteiger partial charge in [-0.2, -0.15) is 0 Å². The molecule has 0 bridgehead atoms. The van der Waals surface area contributed by atoms with E-state index >= 15 is 0 Å². The second kappa shape index (κ2) is 6.24. The van der Waals surface area contributed by atoms with Crippen LogP contribution in [-0.4, -0.2) is 56.1 Å². The first kappa shape index (κ1) is 14.0. The van der Waals surface area contributed by atoms with Crippen LogP contribution in [0.1, 0.15) is 15.9 Å². The molecule has 1 aromatic rings. The third-order valence-electron chi connectivity index (χ3n) is 3.81.